The van der Waals surface area contributed by atoms with Gasteiger partial charge in [-0.2, -0.15) is 0 Å². The highest BCUT2D eigenvalue weighted by Crippen LogP contribution is 2.14. The van der Waals surface area contributed by atoms with Gasteiger partial charge in [0.1, 0.15) is 24.1 Å². The normalized spacial score (nSPS) is 12.0. The number of aliphatic hydroxyl groups is 1. The average molecular weight is 312 g/mol. The average Bonchev–Trinajstić information content (AvgIpc) is 3.25. The first-order chi connectivity index (χ1) is 11.2. The van der Waals surface area contributed by atoms with Crippen LogP contribution in [0.3, 0.4) is 0 Å². The van der Waals surface area contributed by atoms with Crippen molar-refractivity contribution in [2.75, 3.05) is 6.54 Å². The molecule has 7 nitrogen and oxygen atoms in total. The Labute approximate surface area is 132 Å². The minimum absolute atomic E-state index is 0.0324. The fourth-order valence-electron chi connectivity index (χ4n) is 2.11. The number of nitrogens with zero attached hydrogens (tertiary/aromatic N) is 3. The third kappa shape index (κ3) is 3.83. The summed E-state index contributed by atoms with van der Waals surface area (Å²) in [7, 11) is 0. The van der Waals surface area contributed by atoms with Crippen LogP contribution in [0.4, 0.5) is 0 Å². The van der Waals surface area contributed by atoms with E-state index in [0.717, 1.165) is 5.56 Å². The molecule has 0 spiro atoms. The van der Waals surface area contributed by atoms with E-state index in [1.54, 1.807) is 18.3 Å². The summed E-state index contributed by atoms with van der Waals surface area (Å²) in [5.74, 6) is 0.150. The molecule has 3 aromatic rings. The molecule has 2 heterocycles. The number of carbonyl (C=O) groups is 1. The molecule has 2 aromatic heterocycles. The van der Waals surface area contributed by atoms with E-state index in [1.807, 2.05) is 30.3 Å². The number of benzene rings is 1. The Bertz CT molecular complexity index is 753. The van der Waals surface area contributed by atoms with Crippen LogP contribution in [0.15, 0.2) is 59.3 Å². The summed E-state index contributed by atoms with van der Waals surface area (Å²) in [4.78, 5) is 11.9. The van der Waals surface area contributed by atoms with Crippen molar-refractivity contribution in [3.8, 4) is 11.3 Å². The lowest BCUT2D eigenvalue weighted by Gasteiger charge is -2.09. The summed E-state index contributed by atoms with van der Waals surface area (Å²) in [6.45, 7) is 0.108. The van der Waals surface area contributed by atoms with Crippen LogP contribution < -0.4 is 5.32 Å². The number of hydrogen-bond acceptors (Lipinski definition) is 5. The quantitative estimate of drug-likeness (QED) is 0.717. The van der Waals surface area contributed by atoms with Gasteiger partial charge in [-0.05, 0) is 12.1 Å². The standard InChI is InChI=1S/C16H16N4O3/c21-14(15-7-4-8-23-15)9-17-16(22)11-20-10-13(18-19-20)12-5-2-1-3-6-12/h1-8,10,14,21H,9,11H2,(H,17,22). The first-order valence-corrected chi connectivity index (χ1v) is 7.16. The maximum atomic E-state index is 11.9. The van der Waals surface area contributed by atoms with Gasteiger partial charge >= 0.3 is 0 Å². The zero-order valence-electron chi connectivity index (χ0n) is 12.3. The Morgan fingerprint density at radius 2 is 2.09 bits per heavy atom. The van der Waals surface area contributed by atoms with E-state index in [9.17, 15) is 9.90 Å². The van der Waals surface area contributed by atoms with E-state index in [2.05, 4.69) is 15.6 Å². The van der Waals surface area contributed by atoms with Gasteiger partial charge in [0.25, 0.3) is 0 Å². The first kappa shape index (κ1) is 15.0. The van der Waals surface area contributed by atoms with E-state index in [4.69, 9.17) is 4.42 Å². The number of rotatable bonds is 6. The van der Waals surface area contributed by atoms with Crippen LogP contribution >= 0.6 is 0 Å². The van der Waals surface area contributed by atoms with Crippen LogP contribution in [0.25, 0.3) is 11.3 Å². The third-order valence-corrected chi connectivity index (χ3v) is 3.28. The van der Waals surface area contributed by atoms with E-state index < -0.39 is 6.10 Å². The predicted molar refractivity (Wildman–Crippen MR) is 82.1 cm³/mol. The van der Waals surface area contributed by atoms with Gasteiger partial charge in [-0.25, -0.2) is 4.68 Å². The zero-order chi connectivity index (χ0) is 16.1. The van der Waals surface area contributed by atoms with Gasteiger partial charge in [-0.1, -0.05) is 35.5 Å². The van der Waals surface area contributed by atoms with Gasteiger partial charge in [-0.3, -0.25) is 4.79 Å². The summed E-state index contributed by atoms with van der Waals surface area (Å²) in [5, 5.41) is 20.4. The largest absolute Gasteiger partial charge is 0.467 e. The molecule has 0 aliphatic heterocycles. The molecule has 1 amide bonds. The maximum Gasteiger partial charge on any atom is 0.241 e. The molecule has 1 aromatic carbocycles. The van der Waals surface area contributed by atoms with Crippen molar-refractivity contribution >= 4 is 5.91 Å². The van der Waals surface area contributed by atoms with Crippen molar-refractivity contribution in [3.63, 3.8) is 0 Å². The van der Waals surface area contributed by atoms with Gasteiger partial charge in [0.05, 0.1) is 19.0 Å². The zero-order valence-corrected chi connectivity index (χ0v) is 12.3. The number of furan rings is 1. The van der Waals surface area contributed by atoms with Crippen molar-refractivity contribution < 1.29 is 14.3 Å². The number of nitrogens with one attached hydrogen (secondary N) is 1. The van der Waals surface area contributed by atoms with Crippen molar-refractivity contribution in [1.82, 2.24) is 20.3 Å². The summed E-state index contributed by atoms with van der Waals surface area (Å²) < 4.78 is 6.52. The van der Waals surface area contributed by atoms with Crippen LogP contribution in [0.2, 0.25) is 0 Å². The highest BCUT2D eigenvalue weighted by Gasteiger charge is 2.13. The molecule has 0 fully saturated rings. The minimum atomic E-state index is -0.871. The number of aromatic nitrogens is 3. The Morgan fingerprint density at radius 1 is 1.26 bits per heavy atom. The number of carbonyl (C=O) groups excluding carboxylic acids is 1. The Morgan fingerprint density at radius 3 is 2.83 bits per heavy atom. The van der Waals surface area contributed by atoms with Gasteiger partial charge in [-0.15, -0.1) is 5.10 Å². The van der Waals surface area contributed by atoms with Crippen LogP contribution in [0.5, 0.6) is 0 Å². The Hall–Kier alpha value is -2.93. The van der Waals surface area contributed by atoms with Gasteiger partial charge < -0.3 is 14.8 Å². The minimum Gasteiger partial charge on any atom is -0.467 e. The van der Waals surface area contributed by atoms with Crippen molar-refractivity contribution in [3.05, 3.63) is 60.7 Å². The molecule has 7 heteroatoms. The molecule has 1 unspecified atom stereocenters. The summed E-state index contributed by atoms with van der Waals surface area (Å²) in [5.41, 5.74) is 1.64. The molecule has 118 valence electrons. The maximum absolute atomic E-state index is 11.9. The molecule has 1 atom stereocenters. The van der Waals surface area contributed by atoms with Crippen molar-refractivity contribution in [2.24, 2.45) is 0 Å². The SMILES string of the molecule is O=C(Cn1cc(-c2ccccc2)nn1)NCC(O)c1ccco1. The molecule has 23 heavy (non-hydrogen) atoms. The highest BCUT2D eigenvalue weighted by molar-refractivity contribution is 5.75. The Kier molecular flexibility index (Phi) is 4.49. The molecule has 0 saturated heterocycles. The van der Waals surface area contributed by atoms with E-state index in [0.29, 0.717) is 11.5 Å². The molecular formula is C16H16N4O3. The second-order valence-corrected chi connectivity index (χ2v) is 5.00. The van der Waals surface area contributed by atoms with Crippen molar-refractivity contribution in [2.45, 2.75) is 12.6 Å². The second kappa shape index (κ2) is 6.89. The first-order valence-electron chi connectivity index (χ1n) is 7.16. The highest BCUT2D eigenvalue weighted by atomic mass is 16.4. The van der Waals surface area contributed by atoms with E-state index in [1.165, 1.54) is 10.9 Å². The van der Waals surface area contributed by atoms with Crippen molar-refractivity contribution in [1.29, 1.82) is 0 Å². The Balaban J connectivity index is 1.53. The second-order valence-electron chi connectivity index (χ2n) is 5.00. The fourth-order valence-corrected chi connectivity index (χ4v) is 2.11. The molecule has 2 N–H and O–H groups in total. The molecule has 0 aliphatic rings. The van der Waals surface area contributed by atoms with Gasteiger partial charge in [0.15, 0.2) is 0 Å². The van der Waals surface area contributed by atoms with E-state index in [-0.39, 0.29) is 19.0 Å². The number of hydrogen-bond donors (Lipinski definition) is 2. The van der Waals surface area contributed by atoms with E-state index >= 15 is 0 Å². The van der Waals surface area contributed by atoms with Gasteiger partial charge in [0, 0.05) is 5.56 Å². The molecule has 0 aliphatic carbocycles. The van der Waals surface area contributed by atoms with Crippen LogP contribution in [-0.2, 0) is 11.3 Å². The van der Waals surface area contributed by atoms with Gasteiger partial charge in [0.2, 0.25) is 5.91 Å². The van der Waals surface area contributed by atoms with Crippen LogP contribution in [-0.4, -0.2) is 32.6 Å². The fraction of sp³-hybridized carbons (Fsp3) is 0.188. The smallest absolute Gasteiger partial charge is 0.241 e. The predicted octanol–water partition coefficient (Wildman–Crippen LogP) is 1.39. The number of aliphatic hydroxyl groups excluding tert-OH is 1. The molecule has 0 bridgehead atoms. The van der Waals surface area contributed by atoms with Crippen LogP contribution in [0.1, 0.15) is 11.9 Å². The molecule has 0 saturated carbocycles. The lowest BCUT2D eigenvalue weighted by molar-refractivity contribution is -0.122. The lowest BCUT2D eigenvalue weighted by Crippen LogP contribution is -2.31. The third-order valence-electron chi connectivity index (χ3n) is 3.28. The topological polar surface area (TPSA) is 93.2 Å². The molecular weight excluding hydrogens is 296 g/mol. The molecule has 0 radical (unpaired) electrons. The summed E-state index contributed by atoms with van der Waals surface area (Å²) in [6.07, 6.45) is 2.31. The molecule has 3 rings (SSSR count). The monoisotopic (exact) mass is 312 g/mol. The summed E-state index contributed by atoms with van der Waals surface area (Å²) >= 11 is 0. The summed E-state index contributed by atoms with van der Waals surface area (Å²) in [6, 6.07) is 12.9. The lowest BCUT2D eigenvalue weighted by atomic mass is 10.2. The number of amides is 1. The van der Waals surface area contributed by atoms with Crippen LogP contribution in [0, 0.1) is 0 Å².